The van der Waals surface area contributed by atoms with Crippen LogP contribution < -0.4 is 9.47 Å². The lowest BCUT2D eigenvalue weighted by Crippen LogP contribution is -2.13. The average molecular weight is 235 g/mol. The Balaban J connectivity index is 2.56. The summed E-state index contributed by atoms with van der Waals surface area (Å²) in [6.45, 7) is 0.818. The van der Waals surface area contributed by atoms with Gasteiger partial charge in [0.1, 0.15) is 0 Å². The first-order valence-electron chi connectivity index (χ1n) is 5.10. The summed E-state index contributed by atoms with van der Waals surface area (Å²) in [5.41, 5.74) is 3.31. The molecule has 0 radical (unpaired) electrons. The van der Waals surface area contributed by atoms with Gasteiger partial charge in [-0.2, -0.15) is 0 Å². The molecule has 4 heteroatoms. The summed E-state index contributed by atoms with van der Waals surface area (Å²) in [4.78, 5) is 4.44. The predicted octanol–water partition coefficient (Wildman–Crippen LogP) is 1.99. The second-order valence-corrected chi connectivity index (χ2v) is 3.81. The maximum Gasteiger partial charge on any atom is 0.161 e. The molecule has 1 aliphatic heterocycles. The molecule has 0 saturated carbocycles. The maximum atomic E-state index is 5.29. The molecule has 0 aromatic heterocycles. The summed E-state index contributed by atoms with van der Waals surface area (Å²) in [5.74, 6) is 3.35. The van der Waals surface area contributed by atoms with Crippen LogP contribution in [0.25, 0.3) is 0 Å². The zero-order chi connectivity index (χ0) is 11.5. The molecule has 0 spiro atoms. The number of nitrogens with zero attached hydrogens (tertiary/aromatic N) is 1. The number of ether oxygens (including phenoxy) is 2. The standard InChI is InChI=1S/C12H14NO2P/c1-14-11-5-8-3-4-13-10(7-16)9(8)6-12(11)15-2/h5-7,16H,3-4H2,1-2H3. The zero-order valence-electron chi connectivity index (χ0n) is 9.41. The van der Waals surface area contributed by atoms with Crippen LogP contribution in [-0.4, -0.2) is 32.3 Å². The Kier molecular flexibility index (Phi) is 3.25. The molecule has 3 nitrogen and oxygen atoms in total. The molecule has 0 unspecified atom stereocenters. The van der Waals surface area contributed by atoms with Crippen LogP contribution in [0.15, 0.2) is 17.1 Å². The minimum absolute atomic E-state index is 0.740. The van der Waals surface area contributed by atoms with Gasteiger partial charge in [-0.15, -0.1) is 8.86 Å². The molecule has 0 atom stereocenters. The lowest BCUT2D eigenvalue weighted by molar-refractivity contribution is 0.354. The summed E-state index contributed by atoms with van der Waals surface area (Å²) in [5, 5.41) is 0. The minimum atomic E-state index is 0.740. The van der Waals surface area contributed by atoms with Gasteiger partial charge < -0.3 is 9.47 Å². The summed E-state index contributed by atoms with van der Waals surface area (Å²) in [6, 6.07) is 4.00. The van der Waals surface area contributed by atoms with E-state index in [1.807, 2.05) is 17.9 Å². The fraction of sp³-hybridized carbons (Fsp3) is 0.333. The average Bonchev–Trinajstić information content (AvgIpc) is 2.36. The van der Waals surface area contributed by atoms with Crippen molar-refractivity contribution in [2.24, 2.45) is 4.99 Å². The fourth-order valence-corrected chi connectivity index (χ4v) is 2.12. The molecule has 84 valence electrons. The van der Waals surface area contributed by atoms with Gasteiger partial charge in [0.05, 0.1) is 19.9 Å². The molecule has 0 amide bonds. The first-order valence-corrected chi connectivity index (χ1v) is 5.68. The van der Waals surface area contributed by atoms with Crippen LogP contribution in [0.1, 0.15) is 11.1 Å². The monoisotopic (exact) mass is 235 g/mol. The highest BCUT2D eigenvalue weighted by molar-refractivity contribution is 7.22. The van der Waals surface area contributed by atoms with E-state index in [0.717, 1.165) is 35.7 Å². The van der Waals surface area contributed by atoms with Gasteiger partial charge in [0.25, 0.3) is 0 Å². The van der Waals surface area contributed by atoms with Crippen molar-refractivity contribution in [3.05, 3.63) is 23.3 Å². The van der Waals surface area contributed by atoms with Crippen molar-refractivity contribution in [2.45, 2.75) is 6.42 Å². The van der Waals surface area contributed by atoms with Crippen molar-refractivity contribution in [1.29, 1.82) is 0 Å². The maximum absolute atomic E-state index is 5.29. The Bertz CT molecular complexity index is 455. The number of rotatable bonds is 3. The summed E-state index contributed by atoms with van der Waals surface area (Å²) in [6.07, 6.45) is 0.944. The molecule has 16 heavy (non-hydrogen) atoms. The Morgan fingerprint density at radius 2 is 1.94 bits per heavy atom. The molecule has 0 bridgehead atoms. The van der Waals surface area contributed by atoms with E-state index in [-0.39, 0.29) is 0 Å². The van der Waals surface area contributed by atoms with Gasteiger partial charge in [-0.25, -0.2) is 0 Å². The van der Waals surface area contributed by atoms with Crippen molar-refractivity contribution in [1.82, 2.24) is 0 Å². The van der Waals surface area contributed by atoms with Crippen LogP contribution >= 0.6 is 8.86 Å². The van der Waals surface area contributed by atoms with E-state index in [9.17, 15) is 0 Å². The quantitative estimate of drug-likeness (QED) is 0.750. The number of aliphatic imine (C=N–C) groups is 1. The Morgan fingerprint density at radius 1 is 1.25 bits per heavy atom. The molecule has 1 heterocycles. The van der Waals surface area contributed by atoms with E-state index in [4.69, 9.17) is 9.47 Å². The van der Waals surface area contributed by atoms with Gasteiger partial charge in [-0.3, -0.25) is 4.99 Å². The van der Waals surface area contributed by atoms with Gasteiger partial charge in [0.2, 0.25) is 0 Å². The lowest BCUT2D eigenvalue weighted by Gasteiger charge is -2.17. The molecular formula is C12H14NO2P. The Hall–Kier alpha value is -1.34. The number of fused-ring (bicyclic) bond motifs is 1. The number of hydrogen-bond acceptors (Lipinski definition) is 3. The molecule has 1 aromatic carbocycles. The van der Waals surface area contributed by atoms with Crippen LogP contribution in [0.5, 0.6) is 11.5 Å². The van der Waals surface area contributed by atoms with E-state index in [1.54, 1.807) is 14.2 Å². The Labute approximate surface area is 97.3 Å². The first kappa shape index (κ1) is 11.2. The second-order valence-electron chi connectivity index (χ2n) is 3.53. The highest BCUT2D eigenvalue weighted by atomic mass is 31.0. The minimum Gasteiger partial charge on any atom is -0.493 e. The van der Waals surface area contributed by atoms with Gasteiger partial charge in [0, 0.05) is 12.1 Å². The van der Waals surface area contributed by atoms with Crippen LogP contribution in [-0.2, 0) is 6.42 Å². The molecule has 1 aromatic rings. The zero-order valence-corrected chi connectivity index (χ0v) is 10.4. The predicted molar refractivity (Wildman–Crippen MR) is 69.0 cm³/mol. The van der Waals surface area contributed by atoms with E-state index < -0.39 is 0 Å². The Morgan fingerprint density at radius 3 is 2.56 bits per heavy atom. The molecular weight excluding hydrogens is 221 g/mol. The number of benzene rings is 1. The summed E-state index contributed by atoms with van der Waals surface area (Å²) >= 11 is 0. The van der Waals surface area contributed by atoms with Crippen molar-refractivity contribution >= 4 is 20.4 Å². The topological polar surface area (TPSA) is 30.8 Å². The molecule has 0 aliphatic carbocycles. The third-order valence-corrected chi connectivity index (χ3v) is 2.96. The van der Waals surface area contributed by atoms with Crippen molar-refractivity contribution in [3.63, 3.8) is 0 Å². The normalized spacial score (nSPS) is 13.8. The fourth-order valence-electron chi connectivity index (χ4n) is 1.87. The largest absolute Gasteiger partial charge is 0.493 e. The third-order valence-electron chi connectivity index (χ3n) is 2.69. The van der Waals surface area contributed by atoms with Crippen molar-refractivity contribution in [2.75, 3.05) is 20.8 Å². The van der Waals surface area contributed by atoms with E-state index in [1.165, 1.54) is 5.56 Å². The van der Waals surface area contributed by atoms with Crippen molar-refractivity contribution in [3.8, 4) is 11.5 Å². The lowest BCUT2D eigenvalue weighted by atomic mass is 9.97. The number of hydrogen-bond donors (Lipinski definition) is 0. The molecule has 1 aliphatic rings. The van der Waals surface area contributed by atoms with Crippen LogP contribution in [0.2, 0.25) is 0 Å². The van der Waals surface area contributed by atoms with Crippen LogP contribution in [0.3, 0.4) is 0 Å². The highest BCUT2D eigenvalue weighted by Gasteiger charge is 2.16. The molecule has 2 rings (SSSR count). The smallest absolute Gasteiger partial charge is 0.161 e. The van der Waals surface area contributed by atoms with Gasteiger partial charge >= 0.3 is 0 Å². The van der Waals surface area contributed by atoms with Gasteiger partial charge in [-0.1, -0.05) is 0 Å². The second kappa shape index (κ2) is 4.67. The van der Waals surface area contributed by atoms with E-state index in [0.29, 0.717) is 0 Å². The molecule has 0 N–H and O–H groups in total. The summed E-state index contributed by atoms with van der Waals surface area (Å²) in [7, 11) is 6.68. The van der Waals surface area contributed by atoms with Crippen LogP contribution in [0.4, 0.5) is 0 Å². The van der Waals surface area contributed by atoms with E-state index in [2.05, 4.69) is 13.9 Å². The summed E-state index contributed by atoms with van der Waals surface area (Å²) < 4.78 is 10.6. The van der Waals surface area contributed by atoms with Crippen molar-refractivity contribution < 1.29 is 9.47 Å². The highest BCUT2D eigenvalue weighted by Crippen LogP contribution is 2.32. The first-order chi connectivity index (χ1) is 7.80. The molecule has 0 fully saturated rings. The third kappa shape index (κ3) is 1.83. The van der Waals surface area contributed by atoms with Gasteiger partial charge in [-0.05, 0) is 29.9 Å². The van der Waals surface area contributed by atoms with Crippen LogP contribution in [0, 0.1) is 0 Å². The number of methoxy groups -OCH3 is 2. The molecule has 0 saturated heterocycles. The van der Waals surface area contributed by atoms with Gasteiger partial charge in [0.15, 0.2) is 11.5 Å². The van der Waals surface area contributed by atoms with E-state index >= 15 is 0 Å². The SMILES string of the molecule is COc1cc2c(cc1OC)C(C=P)=NCC2.